The Morgan fingerprint density at radius 3 is 2.46 bits per heavy atom. The summed E-state index contributed by atoms with van der Waals surface area (Å²) in [6.45, 7) is 5.48. The van der Waals surface area contributed by atoms with Crippen LogP contribution in [0, 0.1) is 5.41 Å². The van der Waals surface area contributed by atoms with Crippen molar-refractivity contribution in [3.05, 3.63) is 0 Å². The molecule has 1 heterocycles. The van der Waals surface area contributed by atoms with Gasteiger partial charge in [-0.05, 0) is 10.4 Å². The van der Waals surface area contributed by atoms with Gasteiger partial charge in [-0.25, -0.2) is 4.68 Å². The Morgan fingerprint density at radius 1 is 1.46 bits per heavy atom. The van der Waals surface area contributed by atoms with E-state index in [0.29, 0.717) is 5.95 Å². The van der Waals surface area contributed by atoms with Gasteiger partial charge in [-0.15, -0.1) is 0 Å². The highest BCUT2D eigenvalue weighted by atomic mass is 16.2. The first-order valence-corrected chi connectivity index (χ1v) is 3.95. The molecule has 0 aliphatic heterocycles. The lowest BCUT2D eigenvalue weighted by Crippen LogP contribution is -2.28. The molecule has 0 atom stereocenters. The number of anilines is 1. The van der Waals surface area contributed by atoms with Crippen molar-refractivity contribution in [1.82, 2.24) is 20.2 Å². The second-order valence-electron chi connectivity index (χ2n) is 3.83. The number of aryl methyl sites for hydroxylation is 1. The summed E-state index contributed by atoms with van der Waals surface area (Å²) < 4.78 is 1.41. The Kier molecular flexibility index (Phi) is 2.31. The van der Waals surface area contributed by atoms with Crippen LogP contribution < -0.4 is 5.32 Å². The van der Waals surface area contributed by atoms with Gasteiger partial charge in [-0.3, -0.25) is 10.1 Å². The minimum absolute atomic E-state index is 0.106. The molecule has 1 aromatic rings. The van der Waals surface area contributed by atoms with Gasteiger partial charge in [0, 0.05) is 12.5 Å². The highest BCUT2D eigenvalue weighted by Crippen LogP contribution is 2.14. The molecular weight excluding hydrogens is 170 g/mol. The molecule has 13 heavy (non-hydrogen) atoms. The van der Waals surface area contributed by atoms with Gasteiger partial charge in [0.25, 0.3) is 0 Å². The van der Waals surface area contributed by atoms with E-state index in [1.165, 1.54) is 4.68 Å². The molecule has 1 amide bonds. The molecule has 1 aromatic heterocycles. The Bertz CT molecular complexity index is 311. The van der Waals surface area contributed by atoms with Crippen LogP contribution in [-0.4, -0.2) is 26.1 Å². The van der Waals surface area contributed by atoms with Crippen molar-refractivity contribution < 1.29 is 4.79 Å². The van der Waals surface area contributed by atoms with Crippen LogP contribution in [0.15, 0.2) is 0 Å². The molecule has 6 nitrogen and oxygen atoms in total. The van der Waals surface area contributed by atoms with Crippen LogP contribution in [0.2, 0.25) is 0 Å². The third-order valence-electron chi connectivity index (χ3n) is 1.53. The molecule has 6 heteroatoms. The van der Waals surface area contributed by atoms with Gasteiger partial charge in [-0.2, -0.15) is 0 Å². The Balaban J connectivity index is 2.71. The number of hydrogen-bond donors (Lipinski definition) is 1. The van der Waals surface area contributed by atoms with Crippen LogP contribution in [0.25, 0.3) is 0 Å². The van der Waals surface area contributed by atoms with Gasteiger partial charge in [0.1, 0.15) is 0 Å². The van der Waals surface area contributed by atoms with Crippen molar-refractivity contribution >= 4 is 11.9 Å². The lowest BCUT2D eigenvalue weighted by molar-refractivity contribution is -0.123. The number of carbonyl (C=O) groups is 1. The van der Waals surface area contributed by atoms with E-state index in [0.717, 1.165) is 0 Å². The highest BCUT2D eigenvalue weighted by molar-refractivity contribution is 5.92. The van der Waals surface area contributed by atoms with E-state index in [9.17, 15) is 4.79 Å². The molecule has 0 saturated carbocycles. The summed E-state index contributed by atoms with van der Waals surface area (Å²) in [5.74, 6) is 0.255. The minimum Gasteiger partial charge on any atom is -0.293 e. The molecule has 72 valence electrons. The monoisotopic (exact) mass is 183 g/mol. The normalized spacial score (nSPS) is 11.4. The van der Waals surface area contributed by atoms with Crippen LogP contribution in [0.5, 0.6) is 0 Å². The van der Waals surface area contributed by atoms with E-state index >= 15 is 0 Å². The number of tetrazole rings is 1. The quantitative estimate of drug-likeness (QED) is 0.674. The standard InChI is InChI=1S/C7H13N5O/c1-7(2,3)5(13)8-6-9-10-11-12(6)4/h1-4H3,(H,8,9,11,13). The summed E-state index contributed by atoms with van der Waals surface area (Å²) in [6, 6.07) is 0. The summed E-state index contributed by atoms with van der Waals surface area (Å²) in [5, 5.41) is 13.3. The van der Waals surface area contributed by atoms with Crippen molar-refractivity contribution in [2.45, 2.75) is 20.8 Å². The molecular formula is C7H13N5O. The van der Waals surface area contributed by atoms with E-state index in [2.05, 4.69) is 20.8 Å². The Hall–Kier alpha value is -1.46. The predicted molar refractivity (Wildman–Crippen MR) is 46.9 cm³/mol. The first-order valence-electron chi connectivity index (χ1n) is 3.95. The minimum atomic E-state index is -0.439. The van der Waals surface area contributed by atoms with E-state index in [4.69, 9.17) is 0 Å². The van der Waals surface area contributed by atoms with Gasteiger partial charge >= 0.3 is 0 Å². The molecule has 0 bridgehead atoms. The van der Waals surface area contributed by atoms with Gasteiger partial charge in [0.15, 0.2) is 0 Å². The Morgan fingerprint density at radius 2 is 2.08 bits per heavy atom. The molecule has 0 radical (unpaired) electrons. The first kappa shape index (κ1) is 9.63. The van der Waals surface area contributed by atoms with Crippen molar-refractivity contribution in [2.75, 3.05) is 5.32 Å². The van der Waals surface area contributed by atoms with E-state index < -0.39 is 5.41 Å². The highest BCUT2D eigenvalue weighted by Gasteiger charge is 2.22. The fraction of sp³-hybridized carbons (Fsp3) is 0.714. The van der Waals surface area contributed by atoms with Crippen molar-refractivity contribution in [3.63, 3.8) is 0 Å². The molecule has 0 aliphatic rings. The molecule has 1 N–H and O–H groups in total. The number of nitrogens with one attached hydrogen (secondary N) is 1. The first-order chi connectivity index (χ1) is 5.91. The van der Waals surface area contributed by atoms with E-state index in [1.807, 2.05) is 20.8 Å². The van der Waals surface area contributed by atoms with Crippen molar-refractivity contribution in [3.8, 4) is 0 Å². The van der Waals surface area contributed by atoms with Crippen LogP contribution in [-0.2, 0) is 11.8 Å². The zero-order valence-electron chi connectivity index (χ0n) is 8.20. The largest absolute Gasteiger partial charge is 0.293 e. The van der Waals surface area contributed by atoms with E-state index in [1.54, 1.807) is 7.05 Å². The number of carbonyl (C=O) groups excluding carboxylic acids is 1. The average molecular weight is 183 g/mol. The zero-order chi connectivity index (χ0) is 10.1. The second kappa shape index (κ2) is 3.12. The molecule has 0 fully saturated rings. The predicted octanol–water partition coefficient (Wildman–Crippen LogP) is 0.195. The van der Waals surface area contributed by atoms with Gasteiger partial charge < -0.3 is 0 Å². The summed E-state index contributed by atoms with van der Waals surface area (Å²) in [7, 11) is 1.66. The average Bonchev–Trinajstić information content (AvgIpc) is 2.34. The molecule has 0 saturated heterocycles. The van der Waals surface area contributed by atoms with Crippen LogP contribution in [0.4, 0.5) is 5.95 Å². The third kappa shape index (κ3) is 2.24. The molecule has 0 unspecified atom stereocenters. The van der Waals surface area contributed by atoms with Crippen molar-refractivity contribution in [1.29, 1.82) is 0 Å². The number of nitrogens with zero attached hydrogens (tertiary/aromatic N) is 4. The fourth-order valence-corrected chi connectivity index (χ4v) is 0.624. The van der Waals surface area contributed by atoms with Gasteiger partial charge in [-0.1, -0.05) is 25.9 Å². The lowest BCUT2D eigenvalue weighted by atomic mass is 9.96. The van der Waals surface area contributed by atoms with E-state index in [-0.39, 0.29) is 5.91 Å². The Labute approximate surface area is 76.3 Å². The topological polar surface area (TPSA) is 72.7 Å². The van der Waals surface area contributed by atoms with Crippen LogP contribution in [0.1, 0.15) is 20.8 Å². The van der Waals surface area contributed by atoms with Crippen LogP contribution in [0.3, 0.4) is 0 Å². The summed E-state index contributed by atoms with van der Waals surface area (Å²) >= 11 is 0. The maximum atomic E-state index is 11.5. The third-order valence-corrected chi connectivity index (χ3v) is 1.53. The number of aromatic nitrogens is 4. The maximum absolute atomic E-state index is 11.5. The number of hydrogen-bond acceptors (Lipinski definition) is 4. The summed E-state index contributed by atoms with van der Waals surface area (Å²) in [6.07, 6.45) is 0. The second-order valence-corrected chi connectivity index (χ2v) is 3.83. The number of amides is 1. The zero-order valence-corrected chi connectivity index (χ0v) is 8.20. The summed E-state index contributed by atoms with van der Waals surface area (Å²) in [4.78, 5) is 11.5. The van der Waals surface area contributed by atoms with Gasteiger partial charge in [0.05, 0.1) is 0 Å². The molecule has 0 aliphatic carbocycles. The SMILES string of the molecule is Cn1nnnc1NC(=O)C(C)(C)C. The maximum Gasteiger partial charge on any atom is 0.249 e. The van der Waals surface area contributed by atoms with Crippen LogP contribution >= 0.6 is 0 Å². The van der Waals surface area contributed by atoms with Crippen molar-refractivity contribution in [2.24, 2.45) is 12.5 Å². The molecule has 0 spiro atoms. The fourth-order valence-electron chi connectivity index (χ4n) is 0.624. The lowest BCUT2D eigenvalue weighted by Gasteiger charge is -2.16. The smallest absolute Gasteiger partial charge is 0.249 e. The molecule has 1 rings (SSSR count). The summed E-state index contributed by atoms with van der Waals surface area (Å²) in [5.41, 5.74) is -0.439. The number of rotatable bonds is 1. The van der Waals surface area contributed by atoms with Gasteiger partial charge in [0.2, 0.25) is 11.9 Å². The molecule has 0 aromatic carbocycles.